The Kier molecular flexibility index (Phi) is 65.8. The lowest BCUT2D eigenvalue weighted by Gasteiger charge is -1.70. The smallest absolute Gasteiger partial charge is 0.126 e. The number of rotatable bonds is 1. The predicted molar refractivity (Wildman–Crippen MR) is 59.2 cm³/mol. The van der Waals surface area contributed by atoms with Crippen molar-refractivity contribution in [3.63, 3.8) is 0 Å². The van der Waals surface area contributed by atoms with Crippen molar-refractivity contribution < 1.29 is 20.1 Å². The summed E-state index contributed by atoms with van der Waals surface area (Å²) >= 11 is 0. The van der Waals surface area contributed by atoms with Crippen LogP contribution in [-0.2, 0) is 4.79 Å². The minimum absolute atomic E-state index is 0.125. The van der Waals surface area contributed by atoms with Gasteiger partial charge >= 0.3 is 0 Å². The average molecular weight is 208 g/mol. The van der Waals surface area contributed by atoms with Crippen LogP contribution in [0.4, 0.5) is 0 Å². The Morgan fingerprint density at radius 3 is 1.29 bits per heavy atom. The van der Waals surface area contributed by atoms with Crippen LogP contribution < -0.4 is 0 Å². The summed E-state index contributed by atoms with van der Waals surface area (Å²) in [7, 11) is 0. The topological polar surface area (TPSA) is 77.8 Å². The first kappa shape index (κ1) is 23.3. The van der Waals surface area contributed by atoms with Gasteiger partial charge in [-0.15, -0.1) is 6.58 Å². The molecule has 88 valence electrons. The van der Waals surface area contributed by atoms with Crippen LogP contribution in [0.5, 0.6) is 0 Å². The van der Waals surface area contributed by atoms with Gasteiger partial charge in [-0.05, 0) is 27.7 Å². The zero-order valence-corrected chi connectivity index (χ0v) is 9.66. The van der Waals surface area contributed by atoms with Crippen LogP contribution in [0.3, 0.4) is 0 Å². The second-order valence-electron chi connectivity index (χ2n) is 2.08. The fourth-order valence-electron chi connectivity index (χ4n) is 0. The molecule has 0 unspecified atom stereocenters. The first-order chi connectivity index (χ1) is 6.47. The number of allylic oxidation sites excluding steroid dienone is 1. The normalized spacial score (nSPS) is 6.21. The van der Waals surface area contributed by atoms with Gasteiger partial charge in [-0.1, -0.05) is 6.08 Å². The SMILES string of the molecule is C=CC.CC(C)=O.CCO.OCCO. The maximum Gasteiger partial charge on any atom is 0.126 e. The molecule has 14 heavy (non-hydrogen) atoms. The fraction of sp³-hybridized carbons (Fsp3) is 0.700. The molecular formula is C10H24O4. The van der Waals surface area contributed by atoms with E-state index in [4.69, 9.17) is 15.3 Å². The van der Waals surface area contributed by atoms with E-state index >= 15 is 0 Å². The maximum atomic E-state index is 9.44. The second-order valence-corrected chi connectivity index (χ2v) is 2.08. The van der Waals surface area contributed by atoms with Crippen molar-refractivity contribution in [1.82, 2.24) is 0 Å². The molecule has 0 radical (unpaired) electrons. The molecule has 4 heteroatoms. The van der Waals surface area contributed by atoms with Crippen LogP contribution in [0, 0.1) is 0 Å². The largest absolute Gasteiger partial charge is 0.397 e. The van der Waals surface area contributed by atoms with E-state index in [0.29, 0.717) is 0 Å². The van der Waals surface area contributed by atoms with Gasteiger partial charge in [0.25, 0.3) is 0 Å². The monoisotopic (exact) mass is 208 g/mol. The number of carbonyl (C=O) groups excluding carboxylic acids is 1. The van der Waals surface area contributed by atoms with Crippen LogP contribution in [0.15, 0.2) is 12.7 Å². The number of aliphatic hydroxyl groups excluding tert-OH is 3. The highest BCUT2D eigenvalue weighted by molar-refractivity contribution is 5.72. The Morgan fingerprint density at radius 2 is 1.29 bits per heavy atom. The van der Waals surface area contributed by atoms with Gasteiger partial charge in [-0.25, -0.2) is 0 Å². The highest BCUT2D eigenvalue weighted by atomic mass is 16.3. The van der Waals surface area contributed by atoms with E-state index in [1.165, 1.54) is 13.8 Å². The van der Waals surface area contributed by atoms with E-state index in [1.54, 1.807) is 13.0 Å². The minimum atomic E-state index is -0.125. The standard InChI is InChI=1S/C3H6O.C3H6.C2H6O2.C2H6O/c1-3(2)4;1-3-2;3-1-2-4;1-2-3/h1-2H3;3H,1H2,2H3;3-4H,1-2H2;3H,2H2,1H3. The lowest BCUT2D eigenvalue weighted by Crippen LogP contribution is -1.85. The van der Waals surface area contributed by atoms with E-state index in [0.717, 1.165) is 0 Å². The van der Waals surface area contributed by atoms with Crippen molar-refractivity contribution in [3.8, 4) is 0 Å². The summed E-state index contributed by atoms with van der Waals surface area (Å²) < 4.78 is 0. The molecule has 0 spiro atoms. The van der Waals surface area contributed by atoms with Gasteiger partial charge in [-0.2, -0.15) is 0 Å². The van der Waals surface area contributed by atoms with Crippen LogP contribution in [-0.4, -0.2) is 40.9 Å². The van der Waals surface area contributed by atoms with Gasteiger partial charge in [0.15, 0.2) is 0 Å². The van der Waals surface area contributed by atoms with Gasteiger partial charge in [0.2, 0.25) is 0 Å². The van der Waals surface area contributed by atoms with Crippen LogP contribution in [0.1, 0.15) is 27.7 Å². The Morgan fingerprint density at radius 1 is 1.21 bits per heavy atom. The number of ketones is 1. The number of Topliss-reactive ketones (excluding diaryl/α,β-unsaturated/α-hetero) is 1. The molecule has 0 saturated carbocycles. The third-order valence-electron chi connectivity index (χ3n) is 0.1000. The van der Waals surface area contributed by atoms with Gasteiger partial charge in [-0.3, -0.25) is 0 Å². The van der Waals surface area contributed by atoms with E-state index in [9.17, 15) is 4.79 Å². The summed E-state index contributed by atoms with van der Waals surface area (Å²) in [6.45, 7) is 9.99. The number of aliphatic hydroxyl groups is 3. The average Bonchev–Trinajstić information content (AvgIpc) is 2.06. The molecule has 0 saturated heterocycles. The van der Waals surface area contributed by atoms with E-state index in [1.807, 2.05) is 6.92 Å². The molecule has 0 aliphatic rings. The molecule has 0 aromatic carbocycles. The zero-order chi connectivity index (χ0) is 12.4. The van der Waals surface area contributed by atoms with E-state index in [2.05, 4.69) is 6.58 Å². The summed E-state index contributed by atoms with van der Waals surface area (Å²) in [5.41, 5.74) is 0. The predicted octanol–water partition coefficient (Wildman–Crippen LogP) is 0.757. The maximum absolute atomic E-state index is 9.44. The molecule has 4 nitrogen and oxygen atoms in total. The quantitative estimate of drug-likeness (QED) is 0.556. The van der Waals surface area contributed by atoms with Gasteiger partial charge in [0.1, 0.15) is 5.78 Å². The van der Waals surface area contributed by atoms with Gasteiger partial charge in [0.05, 0.1) is 13.2 Å². The first-order valence-electron chi connectivity index (χ1n) is 4.35. The molecule has 0 aromatic heterocycles. The van der Waals surface area contributed by atoms with Crippen LogP contribution in [0.25, 0.3) is 0 Å². The Labute approximate surface area is 86.9 Å². The molecule has 0 aliphatic heterocycles. The molecule has 0 aromatic rings. The van der Waals surface area contributed by atoms with E-state index in [-0.39, 0.29) is 25.6 Å². The molecule has 0 heterocycles. The molecule has 0 aliphatic carbocycles. The Bertz CT molecular complexity index is 86.1. The van der Waals surface area contributed by atoms with Gasteiger partial charge in [0, 0.05) is 6.61 Å². The Hall–Kier alpha value is -0.710. The third kappa shape index (κ3) is 14200. The van der Waals surface area contributed by atoms with Crippen molar-refractivity contribution >= 4 is 5.78 Å². The van der Waals surface area contributed by atoms with Crippen LogP contribution >= 0.6 is 0 Å². The second kappa shape index (κ2) is 39.6. The molecule has 3 N–H and O–H groups in total. The molecule has 0 bridgehead atoms. The minimum Gasteiger partial charge on any atom is -0.397 e. The summed E-state index contributed by atoms with van der Waals surface area (Å²) in [6.07, 6.45) is 1.75. The van der Waals surface area contributed by atoms with Crippen molar-refractivity contribution in [2.75, 3.05) is 19.8 Å². The summed E-state index contributed by atoms with van der Waals surface area (Å²) in [4.78, 5) is 9.44. The van der Waals surface area contributed by atoms with Crippen molar-refractivity contribution in [3.05, 3.63) is 12.7 Å². The fourth-order valence-corrected chi connectivity index (χ4v) is 0. The number of carbonyl (C=O) groups is 1. The highest BCUT2D eigenvalue weighted by Crippen LogP contribution is 1.50. The Balaban J connectivity index is -0.0000000482. The summed E-state index contributed by atoms with van der Waals surface area (Å²) in [6, 6.07) is 0. The van der Waals surface area contributed by atoms with Crippen molar-refractivity contribution in [2.24, 2.45) is 0 Å². The van der Waals surface area contributed by atoms with Crippen molar-refractivity contribution in [1.29, 1.82) is 0 Å². The van der Waals surface area contributed by atoms with Crippen LogP contribution in [0.2, 0.25) is 0 Å². The number of hydrogen-bond acceptors (Lipinski definition) is 4. The lowest BCUT2D eigenvalue weighted by atomic mass is 10.6. The summed E-state index contributed by atoms with van der Waals surface area (Å²) in [5, 5.41) is 22.8. The molecule has 0 amide bonds. The molecular weight excluding hydrogens is 184 g/mol. The summed E-state index contributed by atoms with van der Waals surface area (Å²) in [5.74, 6) is 0.167. The van der Waals surface area contributed by atoms with E-state index < -0.39 is 0 Å². The molecule has 0 fully saturated rings. The zero-order valence-electron chi connectivity index (χ0n) is 9.66. The highest BCUT2D eigenvalue weighted by Gasteiger charge is 1.62. The lowest BCUT2D eigenvalue weighted by molar-refractivity contribution is -0.114. The van der Waals surface area contributed by atoms with Gasteiger partial charge < -0.3 is 20.1 Å². The number of hydrogen-bond donors (Lipinski definition) is 3. The van der Waals surface area contributed by atoms with Crippen molar-refractivity contribution in [2.45, 2.75) is 27.7 Å². The molecule has 0 rings (SSSR count). The molecule has 0 atom stereocenters. The first-order valence-corrected chi connectivity index (χ1v) is 4.35. The third-order valence-corrected chi connectivity index (χ3v) is 0.1000.